The summed E-state index contributed by atoms with van der Waals surface area (Å²) in [6.07, 6.45) is 3.39. The van der Waals surface area contributed by atoms with E-state index in [2.05, 4.69) is 42.8 Å². The first-order chi connectivity index (χ1) is 8.67. The van der Waals surface area contributed by atoms with Crippen molar-refractivity contribution in [3.8, 4) is 6.07 Å². The summed E-state index contributed by atoms with van der Waals surface area (Å²) in [5.41, 5.74) is 4.06. The molecule has 1 heterocycles. The van der Waals surface area contributed by atoms with Crippen LogP contribution in [0, 0.1) is 31.1 Å². The van der Waals surface area contributed by atoms with E-state index in [-0.39, 0.29) is 5.92 Å². The highest BCUT2D eigenvalue weighted by Crippen LogP contribution is 2.25. The van der Waals surface area contributed by atoms with E-state index in [1.807, 2.05) is 0 Å². The van der Waals surface area contributed by atoms with Crippen LogP contribution in [0.2, 0.25) is 0 Å². The fourth-order valence-corrected chi connectivity index (χ4v) is 3.14. The summed E-state index contributed by atoms with van der Waals surface area (Å²) in [4.78, 5) is 0. The predicted molar refractivity (Wildman–Crippen MR) is 73.2 cm³/mol. The Kier molecular flexibility index (Phi) is 4.08. The van der Waals surface area contributed by atoms with Crippen molar-refractivity contribution in [1.29, 1.82) is 5.26 Å². The number of hydrogen-bond donors (Lipinski definition) is 1. The maximum Gasteiger partial charge on any atom is 0.0672 e. The summed E-state index contributed by atoms with van der Waals surface area (Å²) in [5.74, 6) is 0.208. The van der Waals surface area contributed by atoms with Crippen LogP contribution in [0.15, 0.2) is 6.07 Å². The lowest BCUT2D eigenvalue weighted by atomic mass is 10.1. The second-order valence-corrected chi connectivity index (χ2v) is 5.29. The molecule has 1 N–H and O–H groups in total. The zero-order chi connectivity index (χ0) is 13.1. The molecule has 0 radical (unpaired) electrons. The van der Waals surface area contributed by atoms with Crippen molar-refractivity contribution in [2.75, 3.05) is 0 Å². The maximum absolute atomic E-state index is 9.08. The monoisotopic (exact) mass is 245 g/mol. The van der Waals surface area contributed by atoms with Gasteiger partial charge in [0, 0.05) is 30.5 Å². The van der Waals surface area contributed by atoms with Crippen molar-refractivity contribution in [2.45, 2.75) is 59.2 Å². The van der Waals surface area contributed by atoms with Gasteiger partial charge in [0.25, 0.3) is 0 Å². The van der Waals surface area contributed by atoms with Crippen LogP contribution in [0.25, 0.3) is 0 Å². The highest BCUT2D eigenvalue weighted by Gasteiger charge is 2.26. The van der Waals surface area contributed by atoms with Gasteiger partial charge in [0.1, 0.15) is 0 Å². The van der Waals surface area contributed by atoms with Crippen molar-refractivity contribution in [1.82, 2.24) is 9.88 Å². The van der Waals surface area contributed by atoms with Gasteiger partial charge < -0.3 is 9.88 Å². The van der Waals surface area contributed by atoms with Crippen molar-refractivity contribution >= 4 is 0 Å². The lowest BCUT2D eigenvalue weighted by Crippen LogP contribution is -2.31. The molecule has 18 heavy (non-hydrogen) atoms. The molecule has 0 spiro atoms. The van der Waals surface area contributed by atoms with Crippen LogP contribution in [0.1, 0.15) is 43.1 Å². The summed E-state index contributed by atoms with van der Waals surface area (Å²) in [5, 5.41) is 12.6. The highest BCUT2D eigenvalue weighted by molar-refractivity contribution is 5.26. The minimum Gasteiger partial charge on any atom is -0.349 e. The Balaban J connectivity index is 2.00. The molecule has 0 saturated heterocycles. The summed E-state index contributed by atoms with van der Waals surface area (Å²) < 4.78 is 2.34. The van der Waals surface area contributed by atoms with Crippen molar-refractivity contribution in [2.24, 2.45) is 5.92 Å². The molecule has 0 bridgehead atoms. The number of nitriles is 1. The smallest absolute Gasteiger partial charge is 0.0672 e. The number of aryl methyl sites for hydroxylation is 1. The molecule has 0 amide bonds. The van der Waals surface area contributed by atoms with E-state index in [0.29, 0.717) is 6.04 Å². The molecule has 1 aliphatic carbocycles. The van der Waals surface area contributed by atoms with Gasteiger partial charge in [0.05, 0.1) is 12.0 Å². The Hall–Kier alpha value is -1.27. The molecule has 3 heteroatoms. The molecule has 2 unspecified atom stereocenters. The maximum atomic E-state index is 9.08. The molecule has 3 nitrogen and oxygen atoms in total. The van der Waals surface area contributed by atoms with E-state index in [1.54, 1.807) is 0 Å². The first-order valence-corrected chi connectivity index (χ1v) is 6.96. The van der Waals surface area contributed by atoms with Gasteiger partial charge in [-0.2, -0.15) is 5.26 Å². The molecule has 1 aliphatic rings. The fraction of sp³-hybridized carbons (Fsp3) is 0.667. The Bertz CT molecular complexity index is 453. The van der Waals surface area contributed by atoms with Gasteiger partial charge in [-0.05, 0) is 45.2 Å². The third-order valence-corrected chi connectivity index (χ3v) is 4.23. The molecule has 98 valence electrons. The molecule has 1 fully saturated rings. The van der Waals surface area contributed by atoms with Crippen LogP contribution in [-0.2, 0) is 13.1 Å². The number of aromatic nitrogens is 1. The van der Waals surface area contributed by atoms with E-state index in [4.69, 9.17) is 5.26 Å². The molecule has 0 aromatic carbocycles. The summed E-state index contributed by atoms with van der Waals surface area (Å²) in [6, 6.07) is 5.08. The van der Waals surface area contributed by atoms with Gasteiger partial charge in [0.2, 0.25) is 0 Å². The lowest BCUT2D eigenvalue weighted by Gasteiger charge is -2.15. The van der Waals surface area contributed by atoms with E-state index in [9.17, 15) is 0 Å². The molecule has 0 aliphatic heterocycles. The topological polar surface area (TPSA) is 40.8 Å². The van der Waals surface area contributed by atoms with Crippen molar-refractivity contribution in [3.63, 3.8) is 0 Å². The van der Waals surface area contributed by atoms with E-state index < -0.39 is 0 Å². The molecular weight excluding hydrogens is 222 g/mol. The number of nitrogens with one attached hydrogen (secondary N) is 1. The predicted octanol–water partition coefficient (Wildman–Crippen LogP) is 2.91. The second kappa shape index (κ2) is 5.58. The third kappa shape index (κ3) is 2.44. The highest BCUT2D eigenvalue weighted by atomic mass is 15.0. The Labute approximate surface area is 110 Å². The standard InChI is InChI=1S/C15H23N3/c1-4-18-11(2)8-14(12(18)3)10-17-15-7-5-6-13(15)9-16/h8,13,15,17H,4-7,10H2,1-3H3. The van der Waals surface area contributed by atoms with E-state index >= 15 is 0 Å². The number of hydrogen-bond acceptors (Lipinski definition) is 2. The normalized spacial score (nSPS) is 23.2. The fourth-order valence-electron chi connectivity index (χ4n) is 3.14. The van der Waals surface area contributed by atoms with Crippen molar-refractivity contribution < 1.29 is 0 Å². The van der Waals surface area contributed by atoms with Crippen LogP contribution < -0.4 is 5.32 Å². The quantitative estimate of drug-likeness (QED) is 0.886. The van der Waals surface area contributed by atoms with Gasteiger partial charge in [-0.3, -0.25) is 0 Å². The number of nitrogens with zero attached hydrogens (tertiary/aromatic N) is 2. The van der Waals surface area contributed by atoms with E-state index in [0.717, 1.165) is 25.9 Å². The first kappa shape index (κ1) is 13.2. The Morgan fingerprint density at radius 3 is 2.83 bits per heavy atom. The average Bonchev–Trinajstić information content (AvgIpc) is 2.91. The lowest BCUT2D eigenvalue weighted by molar-refractivity contribution is 0.463. The van der Waals surface area contributed by atoms with Crippen LogP contribution in [-0.4, -0.2) is 10.6 Å². The minimum absolute atomic E-state index is 0.208. The zero-order valence-corrected chi connectivity index (χ0v) is 11.7. The van der Waals surface area contributed by atoms with Gasteiger partial charge in [-0.1, -0.05) is 6.42 Å². The van der Waals surface area contributed by atoms with Gasteiger partial charge in [0.15, 0.2) is 0 Å². The molecule has 1 aromatic rings. The SMILES string of the molecule is CCn1c(C)cc(CNC2CCCC2C#N)c1C. The van der Waals surface area contributed by atoms with Gasteiger partial charge in [-0.15, -0.1) is 0 Å². The van der Waals surface area contributed by atoms with Crippen molar-refractivity contribution in [3.05, 3.63) is 23.0 Å². The summed E-state index contributed by atoms with van der Waals surface area (Å²) in [7, 11) is 0. The van der Waals surface area contributed by atoms with E-state index in [1.165, 1.54) is 23.4 Å². The van der Waals surface area contributed by atoms with Crippen LogP contribution in [0.3, 0.4) is 0 Å². The Morgan fingerprint density at radius 1 is 1.44 bits per heavy atom. The second-order valence-electron chi connectivity index (χ2n) is 5.29. The molecule has 1 aromatic heterocycles. The summed E-state index contributed by atoms with van der Waals surface area (Å²) >= 11 is 0. The number of rotatable bonds is 4. The molecular formula is C15H23N3. The average molecular weight is 245 g/mol. The third-order valence-electron chi connectivity index (χ3n) is 4.23. The van der Waals surface area contributed by atoms with Crippen LogP contribution in [0.5, 0.6) is 0 Å². The van der Waals surface area contributed by atoms with Gasteiger partial charge >= 0.3 is 0 Å². The Morgan fingerprint density at radius 2 is 2.22 bits per heavy atom. The zero-order valence-electron chi connectivity index (χ0n) is 11.7. The molecule has 2 rings (SSSR count). The van der Waals surface area contributed by atoms with Crippen LogP contribution >= 0.6 is 0 Å². The summed E-state index contributed by atoms with van der Waals surface area (Å²) in [6.45, 7) is 8.45. The molecule has 2 atom stereocenters. The van der Waals surface area contributed by atoms with Crippen LogP contribution in [0.4, 0.5) is 0 Å². The minimum atomic E-state index is 0.208. The van der Waals surface area contributed by atoms with Gasteiger partial charge in [-0.25, -0.2) is 0 Å². The largest absolute Gasteiger partial charge is 0.349 e. The molecule has 1 saturated carbocycles. The first-order valence-electron chi connectivity index (χ1n) is 6.96.